The number of hydrogen-bond donors (Lipinski definition) is 1. The predicted octanol–water partition coefficient (Wildman–Crippen LogP) is 4.63. The van der Waals surface area contributed by atoms with E-state index in [1.807, 2.05) is 6.07 Å². The highest BCUT2D eigenvalue weighted by atomic mass is 35.5. The summed E-state index contributed by atoms with van der Waals surface area (Å²) in [4.78, 5) is 16.0. The fourth-order valence-electron chi connectivity index (χ4n) is 2.63. The number of amides is 2. The molecule has 1 saturated heterocycles. The summed E-state index contributed by atoms with van der Waals surface area (Å²) in [6.07, 6.45) is 0. The Morgan fingerprint density at radius 1 is 0.920 bits per heavy atom. The Labute approximate surface area is 153 Å². The number of rotatable bonds is 2. The lowest BCUT2D eigenvalue weighted by Gasteiger charge is -2.36. The molecule has 25 heavy (non-hydrogen) atoms. The molecule has 0 aliphatic carbocycles. The number of anilines is 2. The predicted molar refractivity (Wildman–Crippen MR) is 95.6 cm³/mol. The normalized spacial score (nSPS) is 14.6. The maximum atomic E-state index is 13.2. The molecule has 1 heterocycles. The third kappa shape index (κ3) is 4.14. The van der Waals surface area contributed by atoms with Crippen molar-refractivity contribution in [2.45, 2.75) is 0 Å². The Morgan fingerprint density at radius 2 is 1.64 bits per heavy atom. The van der Waals surface area contributed by atoms with Crippen LogP contribution in [0.3, 0.4) is 0 Å². The zero-order chi connectivity index (χ0) is 18.0. The molecule has 1 aliphatic rings. The summed E-state index contributed by atoms with van der Waals surface area (Å²) in [7, 11) is 0. The fourth-order valence-corrected chi connectivity index (χ4v) is 2.92. The molecular weight excluding hydrogens is 371 g/mol. The monoisotopic (exact) mass is 385 g/mol. The molecule has 2 amide bonds. The molecule has 1 N–H and O–H groups in total. The van der Waals surface area contributed by atoms with Crippen LogP contribution in [0.25, 0.3) is 0 Å². The third-order valence-electron chi connectivity index (χ3n) is 4.01. The van der Waals surface area contributed by atoms with Crippen molar-refractivity contribution in [3.05, 3.63) is 58.1 Å². The third-order valence-corrected chi connectivity index (χ3v) is 4.75. The SMILES string of the molecule is O=C(Nc1ccc(F)c(F)c1)N1CCN(c2ccc(Cl)c(Cl)c2)CC1. The molecule has 2 aromatic carbocycles. The van der Waals surface area contributed by atoms with Gasteiger partial charge in [-0.05, 0) is 30.3 Å². The molecule has 0 atom stereocenters. The Morgan fingerprint density at radius 3 is 2.28 bits per heavy atom. The summed E-state index contributed by atoms with van der Waals surface area (Å²) in [5, 5.41) is 3.55. The van der Waals surface area contributed by atoms with Crippen molar-refractivity contribution < 1.29 is 13.6 Å². The van der Waals surface area contributed by atoms with Gasteiger partial charge in [0.05, 0.1) is 10.0 Å². The van der Waals surface area contributed by atoms with E-state index in [4.69, 9.17) is 23.2 Å². The average Bonchev–Trinajstić information content (AvgIpc) is 2.61. The van der Waals surface area contributed by atoms with Crippen LogP contribution in [0.2, 0.25) is 10.0 Å². The highest BCUT2D eigenvalue weighted by Crippen LogP contribution is 2.27. The number of piperazine rings is 1. The van der Waals surface area contributed by atoms with Gasteiger partial charge in [-0.15, -0.1) is 0 Å². The van der Waals surface area contributed by atoms with E-state index in [-0.39, 0.29) is 11.7 Å². The maximum absolute atomic E-state index is 13.2. The number of benzene rings is 2. The first-order valence-electron chi connectivity index (χ1n) is 7.65. The standard InChI is InChI=1S/C17H15Cl2F2N3O/c18-13-3-2-12(10-14(13)19)23-5-7-24(8-6-23)17(25)22-11-1-4-15(20)16(21)9-11/h1-4,9-10H,5-8H2,(H,22,25). The second-order valence-electron chi connectivity index (χ2n) is 5.63. The van der Waals surface area contributed by atoms with Gasteiger partial charge in [-0.25, -0.2) is 13.6 Å². The van der Waals surface area contributed by atoms with Crippen LogP contribution in [0.15, 0.2) is 36.4 Å². The fraction of sp³-hybridized carbons (Fsp3) is 0.235. The highest BCUT2D eigenvalue weighted by Gasteiger charge is 2.22. The van der Waals surface area contributed by atoms with Gasteiger partial charge in [-0.1, -0.05) is 23.2 Å². The van der Waals surface area contributed by atoms with Gasteiger partial charge < -0.3 is 15.1 Å². The summed E-state index contributed by atoms with van der Waals surface area (Å²) in [6, 6.07) is 8.32. The van der Waals surface area contributed by atoms with Gasteiger partial charge in [0.1, 0.15) is 0 Å². The minimum Gasteiger partial charge on any atom is -0.368 e. The Hall–Kier alpha value is -2.05. The van der Waals surface area contributed by atoms with E-state index in [1.165, 1.54) is 6.07 Å². The van der Waals surface area contributed by atoms with Crippen molar-refractivity contribution >= 4 is 40.6 Å². The molecule has 3 rings (SSSR count). The van der Waals surface area contributed by atoms with Gasteiger partial charge in [-0.3, -0.25) is 0 Å². The summed E-state index contributed by atoms with van der Waals surface area (Å²) in [5.41, 5.74) is 1.16. The summed E-state index contributed by atoms with van der Waals surface area (Å²) >= 11 is 12.0. The lowest BCUT2D eigenvalue weighted by molar-refractivity contribution is 0.208. The molecule has 0 aromatic heterocycles. The van der Waals surface area contributed by atoms with Gasteiger partial charge in [0.25, 0.3) is 0 Å². The second-order valence-corrected chi connectivity index (χ2v) is 6.45. The lowest BCUT2D eigenvalue weighted by Crippen LogP contribution is -2.50. The van der Waals surface area contributed by atoms with E-state index < -0.39 is 11.6 Å². The largest absolute Gasteiger partial charge is 0.368 e. The summed E-state index contributed by atoms with van der Waals surface area (Å²) < 4.78 is 26.1. The van der Waals surface area contributed by atoms with Crippen molar-refractivity contribution in [2.24, 2.45) is 0 Å². The van der Waals surface area contributed by atoms with Crippen LogP contribution >= 0.6 is 23.2 Å². The minimum atomic E-state index is -0.998. The van der Waals surface area contributed by atoms with Gasteiger partial charge in [-0.2, -0.15) is 0 Å². The molecule has 0 bridgehead atoms. The molecule has 1 fully saturated rings. The molecular formula is C17H15Cl2F2N3O. The van der Waals surface area contributed by atoms with Crippen LogP contribution in [-0.4, -0.2) is 37.1 Å². The van der Waals surface area contributed by atoms with Crippen LogP contribution < -0.4 is 10.2 Å². The van der Waals surface area contributed by atoms with Gasteiger partial charge in [0, 0.05) is 43.6 Å². The molecule has 0 unspecified atom stereocenters. The maximum Gasteiger partial charge on any atom is 0.321 e. The summed E-state index contributed by atoms with van der Waals surface area (Å²) in [5.74, 6) is -1.95. The first kappa shape index (κ1) is 17.8. The molecule has 1 aliphatic heterocycles. The van der Waals surface area contributed by atoms with Gasteiger partial charge >= 0.3 is 6.03 Å². The Kier molecular flexibility index (Phi) is 5.30. The number of carbonyl (C=O) groups is 1. The quantitative estimate of drug-likeness (QED) is 0.817. The first-order chi connectivity index (χ1) is 11.9. The van der Waals surface area contributed by atoms with E-state index in [0.29, 0.717) is 36.2 Å². The van der Waals surface area contributed by atoms with Gasteiger partial charge in [0.2, 0.25) is 0 Å². The highest BCUT2D eigenvalue weighted by molar-refractivity contribution is 6.42. The van der Waals surface area contributed by atoms with Crippen molar-refractivity contribution in [2.75, 3.05) is 36.4 Å². The van der Waals surface area contributed by atoms with Crippen molar-refractivity contribution in [3.8, 4) is 0 Å². The van der Waals surface area contributed by atoms with Crippen molar-refractivity contribution in [1.82, 2.24) is 4.90 Å². The van der Waals surface area contributed by atoms with E-state index in [1.54, 1.807) is 17.0 Å². The van der Waals surface area contributed by atoms with E-state index >= 15 is 0 Å². The molecule has 0 radical (unpaired) electrons. The van der Waals surface area contributed by atoms with Crippen LogP contribution in [0.5, 0.6) is 0 Å². The first-order valence-corrected chi connectivity index (χ1v) is 8.40. The van der Waals surface area contributed by atoms with E-state index in [9.17, 15) is 13.6 Å². The summed E-state index contributed by atoms with van der Waals surface area (Å²) in [6.45, 7) is 2.25. The van der Waals surface area contributed by atoms with Crippen molar-refractivity contribution in [1.29, 1.82) is 0 Å². The number of nitrogens with zero attached hydrogens (tertiary/aromatic N) is 2. The lowest BCUT2D eigenvalue weighted by atomic mass is 10.2. The van der Waals surface area contributed by atoms with E-state index in [0.717, 1.165) is 17.8 Å². The molecule has 8 heteroatoms. The molecule has 2 aromatic rings. The molecule has 0 saturated carbocycles. The number of nitrogens with one attached hydrogen (secondary N) is 1. The average molecular weight is 386 g/mol. The minimum absolute atomic E-state index is 0.218. The second kappa shape index (κ2) is 7.45. The van der Waals surface area contributed by atoms with Crippen molar-refractivity contribution in [3.63, 3.8) is 0 Å². The number of halogens is 4. The smallest absolute Gasteiger partial charge is 0.321 e. The molecule has 132 valence electrons. The Balaban J connectivity index is 1.58. The topological polar surface area (TPSA) is 35.6 Å². The van der Waals surface area contributed by atoms with Crippen LogP contribution in [0.1, 0.15) is 0 Å². The zero-order valence-corrected chi connectivity index (χ0v) is 14.6. The number of urea groups is 1. The van der Waals surface area contributed by atoms with Gasteiger partial charge in [0.15, 0.2) is 11.6 Å². The van der Waals surface area contributed by atoms with Crippen LogP contribution in [0.4, 0.5) is 25.0 Å². The number of hydrogen-bond acceptors (Lipinski definition) is 2. The van der Waals surface area contributed by atoms with E-state index in [2.05, 4.69) is 10.2 Å². The number of carbonyl (C=O) groups excluding carboxylic acids is 1. The van der Waals surface area contributed by atoms with Crippen LogP contribution in [0, 0.1) is 11.6 Å². The zero-order valence-electron chi connectivity index (χ0n) is 13.1. The molecule has 4 nitrogen and oxygen atoms in total. The van der Waals surface area contributed by atoms with Crippen LogP contribution in [-0.2, 0) is 0 Å². The molecule has 0 spiro atoms. The Bertz CT molecular complexity index is 795.